The van der Waals surface area contributed by atoms with Gasteiger partial charge in [0.25, 0.3) is 0 Å². The van der Waals surface area contributed by atoms with Crippen molar-refractivity contribution in [3.05, 3.63) is 5.21 Å². The molecule has 43 heteroatoms. The van der Waals surface area contributed by atoms with Gasteiger partial charge >= 0.3 is 47.6 Å². The number of hydroxylamine groups is 1. The Balaban J connectivity index is 1.38. The molecular weight excluding hydrogens is 1120 g/mol. The molecule has 10 unspecified atom stereocenters. The van der Waals surface area contributed by atoms with E-state index in [1.54, 1.807) is 0 Å². The second-order valence-electron chi connectivity index (χ2n) is 16.7. The molecule has 0 aromatic heterocycles. The summed E-state index contributed by atoms with van der Waals surface area (Å²) in [4.78, 5) is 12.5. The van der Waals surface area contributed by atoms with Crippen molar-refractivity contribution < 1.29 is 157 Å². The third-order valence-electron chi connectivity index (χ3n) is 11.8. The third-order valence-corrected chi connectivity index (χ3v) is 13.5. The summed E-state index contributed by atoms with van der Waals surface area (Å²) < 4.78 is 202. The van der Waals surface area contributed by atoms with Gasteiger partial charge in [0.2, 0.25) is 0 Å². The van der Waals surface area contributed by atoms with Crippen LogP contribution in [-0.4, -0.2) is 268 Å². The van der Waals surface area contributed by atoms with Crippen LogP contribution in [0, 0.1) is 11.1 Å². The Morgan fingerprint density at radius 1 is 0.514 bits per heavy atom. The van der Waals surface area contributed by atoms with Gasteiger partial charge in [-0.15, -0.1) is 0 Å². The second kappa shape index (κ2) is 25.1. The molecule has 5 aliphatic rings. The number of rotatable bonds is 22. The molecule has 0 aromatic rings. The topological polar surface area (TPSA) is 619 Å². The largest absolute Gasteiger partial charge is 0.786 e. The smallest absolute Gasteiger partial charge is 0.397 e. The van der Waals surface area contributed by atoms with Crippen molar-refractivity contribution in [2.75, 3.05) is 26.9 Å². The molecule has 5 rings (SSSR count). The maximum atomic E-state index is 12.5. The number of hydrogen-bond acceptors (Lipinski definition) is 34. The van der Waals surface area contributed by atoms with E-state index in [4.69, 9.17) is 73.7 Å². The molecule has 0 radical (unpaired) electrons. The van der Waals surface area contributed by atoms with E-state index in [0.29, 0.717) is 0 Å². The minimum absolute atomic E-state index is 1.05. The minimum Gasteiger partial charge on any atom is -0.786 e. The lowest BCUT2D eigenvalue weighted by Gasteiger charge is -2.51. The first-order valence-electron chi connectivity index (χ1n) is 20.9. The number of ether oxygens (including phenoxy) is 10. The molecule has 5 heterocycles. The Morgan fingerprint density at radius 3 is 1.49 bits per heavy atom. The number of nitrogens with one attached hydrogen (secondary N) is 1. The van der Waals surface area contributed by atoms with Gasteiger partial charge in [-0.25, -0.2) is 21.5 Å². The van der Waals surface area contributed by atoms with Crippen LogP contribution in [0.2, 0.25) is 0 Å². The molecule has 5 saturated heterocycles. The summed E-state index contributed by atoms with van der Waals surface area (Å²) >= 11 is 0. The van der Waals surface area contributed by atoms with Crippen molar-refractivity contribution >= 4 is 47.6 Å². The predicted octanol–water partition coefficient (Wildman–Crippen LogP) is -10.6. The van der Waals surface area contributed by atoms with E-state index in [9.17, 15) is 88.5 Å². The Labute approximate surface area is 418 Å². The predicted molar refractivity (Wildman–Crippen MR) is 222 cm³/mol. The maximum absolute atomic E-state index is 12.5. The number of carboxylic acid groups (broad SMARTS) is 1. The summed E-state index contributed by atoms with van der Waals surface area (Å²) in [6.45, 7) is -2.41. The maximum Gasteiger partial charge on any atom is 0.397 e. The lowest BCUT2D eigenvalue weighted by molar-refractivity contribution is -0.373. The van der Waals surface area contributed by atoms with Crippen molar-refractivity contribution in [3.63, 3.8) is 0 Å². The van der Waals surface area contributed by atoms with Crippen molar-refractivity contribution in [3.8, 4) is 0 Å². The van der Waals surface area contributed by atoms with Crippen LogP contribution in [0.15, 0.2) is 0 Å². The monoisotopic (exact) mass is 1170 g/mol. The van der Waals surface area contributed by atoms with E-state index < -0.39 is 221 Å². The fourth-order valence-electron chi connectivity index (χ4n) is 8.09. The molecule has 5 fully saturated rings. The zero-order valence-electron chi connectivity index (χ0n) is 37.6. The SMILES string of the molecule is CO[C@H]1OC(COS(=O)(=O)O)[C@@H](O[C@@H]2O[C@@H](N[O-])[C@@H](O[C@H]3OC(COS(=O)(=O)O)[C@@H](O[C@@H]4OC(C(=O)O)[C@@H](O[C@H]5OC(COS(=O)(=O)O)[C@@H](O)[C@H](O)C5N)[C@H](O)C4O)[C@H](C)C3N)C(O)C2OS(=O)(=O)O)[C@H](O)C1N. The van der Waals surface area contributed by atoms with Crippen LogP contribution in [0.4, 0.5) is 0 Å². The Kier molecular flexibility index (Phi) is 21.3. The lowest BCUT2D eigenvalue weighted by atomic mass is 9.88. The number of carboxylic acids is 1. The summed E-state index contributed by atoms with van der Waals surface area (Å²) in [6, 6.07) is -5.02. The van der Waals surface area contributed by atoms with Gasteiger partial charge in [0.15, 0.2) is 43.7 Å². The van der Waals surface area contributed by atoms with Gasteiger partial charge in [-0.05, 0) is 0 Å². The average Bonchev–Trinajstić information content (AvgIpc) is 3.29. The van der Waals surface area contributed by atoms with Crippen LogP contribution in [0.25, 0.3) is 0 Å². The zero-order valence-corrected chi connectivity index (χ0v) is 40.9. The Hall–Kier alpha value is -1.89. The third kappa shape index (κ3) is 15.9. The number of carbonyl (C=O) groups is 1. The van der Waals surface area contributed by atoms with Gasteiger partial charge in [0, 0.05) is 13.0 Å². The highest BCUT2D eigenvalue weighted by atomic mass is 32.3. The highest BCUT2D eigenvalue weighted by Crippen LogP contribution is 2.37. The molecule has 0 amide bonds. The highest BCUT2D eigenvalue weighted by molar-refractivity contribution is 7.81. The Bertz CT molecular complexity index is 2330. The van der Waals surface area contributed by atoms with Crippen molar-refractivity contribution in [2.45, 2.75) is 154 Å². The van der Waals surface area contributed by atoms with Gasteiger partial charge in [0.05, 0.1) is 44.1 Å². The van der Waals surface area contributed by atoms with E-state index in [2.05, 4.69) is 16.7 Å². The van der Waals surface area contributed by atoms with Gasteiger partial charge in [-0.2, -0.15) is 33.7 Å². The fraction of sp³-hybridized carbons (Fsp3) is 0.968. The Morgan fingerprint density at radius 2 is 0.973 bits per heavy atom. The lowest BCUT2D eigenvalue weighted by Crippen LogP contribution is -2.69. The molecule has 74 heavy (non-hydrogen) atoms. The molecular formula is C31H55N4O35S4-. The number of hydrogen-bond donors (Lipinski definition) is 15. The van der Waals surface area contributed by atoms with E-state index in [1.165, 1.54) is 12.4 Å². The molecule has 0 saturated carbocycles. The highest BCUT2D eigenvalue weighted by Gasteiger charge is 2.57. The number of aliphatic carboxylic acids is 1. The molecule has 25 atom stereocenters. The summed E-state index contributed by atoms with van der Waals surface area (Å²) in [5.41, 5.74) is 19.5. The molecule has 18 N–H and O–H groups in total. The number of methoxy groups -OCH3 is 1. The van der Waals surface area contributed by atoms with Gasteiger partial charge in [0.1, 0.15) is 79.5 Å². The molecule has 0 aliphatic carbocycles. The summed E-state index contributed by atoms with van der Waals surface area (Å²) in [6.07, 6.45) is -44.9. The van der Waals surface area contributed by atoms with Gasteiger partial charge < -0.3 is 111 Å². The van der Waals surface area contributed by atoms with Crippen LogP contribution >= 0.6 is 0 Å². The van der Waals surface area contributed by atoms with Crippen LogP contribution in [0.3, 0.4) is 0 Å². The van der Waals surface area contributed by atoms with Crippen molar-refractivity contribution in [2.24, 2.45) is 23.1 Å². The van der Waals surface area contributed by atoms with Crippen LogP contribution < -0.4 is 22.7 Å². The van der Waals surface area contributed by atoms with E-state index in [1.807, 2.05) is 0 Å². The van der Waals surface area contributed by atoms with Crippen LogP contribution in [0.5, 0.6) is 0 Å². The summed E-state index contributed by atoms with van der Waals surface area (Å²) in [5, 5.41) is 88.3. The molecule has 0 bridgehead atoms. The average molecular weight is 1170 g/mol. The van der Waals surface area contributed by atoms with Crippen molar-refractivity contribution in [1.82, 2.24) is 5.48 Å². The molecule has 434 valence electrons. The number of aliphatic hydroxyl groups is 6. The number of nitrogens with two attached hydrogens (primary N) is 3. The first kappa shape index (κ1) is 62.9. The molecule has 5 aliphatic heterocycles. The molecule has 0 aromatic carbocycles. The second-order valence-corrected chi connectivity index (χ2v) is 21.1. The normalized spacial score (nSPS) is 44.0. The summed E-state index contributed by atoms with van der Waals surface area (Å²) in [5.74, 6) is -3.33. The van der Waals surface area contributed by atoms with E-state index in [0.717, 1.165) is 7.11 Å². The molecule has 39 nitrogen and oxygen atoms in total. The summed E-state index contributed by atoms with van der Waals surface area (Å²) in [7, 11) is -20.4. The fourth-order valence-corrected chi connectivity index (χ4v) is 9.49. The van der Waals surface area contributed by atoms with Crippen LogP contribution in [0.1, 0.15) is 6.92 Å². The zero-order chi connectivity index (χ0) is 55.7. The van der Waals surface area contributed by atoms with Gasteiger partial charge in [-0.1, -0.05) is 6.92 Å². The molecule has 0 spiro atoms. The van der Waals surface area contributed by atoms with Crippen LogP contribution in [-0.2, 0) is 110 Å². The van der Waals surface area contributed by atoms with E-state index >= 15 is 0 Å². The quantitative estimate of drug-likeness (QED) is 0.0354. The number of aliphatic hydroxyl groups excluding tert-OH is 6. The first-order valence-corrected chi connectivity index (χ1v) is 26.4. The van der Waals surface area contributed by atoms with Crippen molar-refractivity contribution in [1.29, 1.82) is 0 Å². The van der Waals surface area contributed by atoms with Gasteiger partial charge in [-0.3, -0.25) is 18.2 Å². The first-order chi connectivity index (χ1) is 34.1. The minimum atomic E-state index is -5.68. The standard InChI is InChI=1S/C31H55N4O35S4/c1-6-10(32)28(67-22-18(41)23(70-74(54,55)56)31(69-25(22)35-44)65-20-9(5-60-73(51,52)53)62-27(57-2)12(34)15(20)38)63-8(4-59-72(48,49)50)19(6)64-30-17(40)16(39)21(24(68-30)26(42)43)66-29-11(33)14(37)13(36)7(61-29)3-58-71(45,46)47/h6-25,27-31,35-41H,3-5,32-34H2,1-2H3,(H,42,43)(H,45,46,47)(H,48,49,50)(H,51,52,53)(H,54,55,56)/q-1/t6-,7?,8?,9?,10?,11?,12?,13-,14-,15-,16-,17?,18?,19+,20-,21+,22+,23?,24?,25-,27+,28-,29-,30-,31-/m1/s1. The van der Waals surface area contributed by atoms with E-state index in [-0.39, 0.29) is 0 Å².